The molecule has 6 heteroatoms. The molecule has 3 N–H and O–H groups in total. The molecule has 0 aliphatic carbocycles. The molecule has 0 spiro atoms. The van der Waals surface area contributed by atoms with Gasteiger partial charge in [0.25, 0.3) is 0 Å². The molecule has 0 radical (unpaired) electrons. The maximum absolute atomic E-state index is 11.1. The summed E-state index contributed by atoms with van der Waals surface area (Å²) in [6.45, 7) is 0. The fourth-order valence-corrected chi connectivity index (χ4v) is 1.11. The van der Waals surface area contributed by atoms with Crippen molar-refractivity contribution in [1.82, 2.24) is 15.0 Å². The lowest BCUT2D eigenvalue weighted by Crippen LogP contribution is -2.02. The standard InChI is InChI=1S/C8H8N4O2/c1-14-8(13)7-11-5-2-4(9)3-10-6(5)12-7/h2-3H,9H2,1H3,(H,10,11,12). The van der Waals surface area contributed by atoms with Gasteiger partial charge in [0.05, 0.1) is 24.5 Å². The number of rotatable bonds is 1. The van der Waals surface area contributed by atoms with Gasteiger partial charge < -0.3 is 15.5 Å². The van der Waals surface area contributed by atoms with Crippen molar-refractivity contribution in [3.63, 3.8) is 0 Å². The molecular formula is C8H8N4O2. The minimum absolute atomic E-state index is 0.126. The van der Waals surface area contributed by atoms with Gasteiger partial charge in [-0.05, 0) is 6.07 Å². The van der Waals surface area contributed by atoms with Crippen molar-refractivity contribution in [2.45, 2.75) is 0 Å². The second kappa shape index (κ2) is 2.99. The van der Waals surface area contributed by atoms with Crippen LogP contribution in [-0.4, -0.2) is 28.0 Å². The molecule has 2 rings (SSSR count). The van der Waals surface area contributed by atoms with Gasteiger partial charge in [-0.2, -0.15) is 0 Å². The monoisotopic (exact) mass is 192 g/mol. The van der Waals surface area contributed by atoms with Crippen molar-refractivity contribution in [2.24, 2.45) is 0 Å². The van der Waals surface area contributed by atoms with Crippen molar-refractivity contribution in [1.29, 1.82) is 0 Å². The Morgan fingerprint density at radius 1 is 1.64 bits per heavy atom. The quantitative estimate of drug-likeness (QED) is 0.635. The first-order valence-corrected chi connectivity index (χ1v) is 3.90. The summed E-state index contributed by atoms with van der Waals surface area (Å²) in [7, 11) is 1.29. The molecule has 0 bridgehead atoms. The predicted molar refractivity (Wildman–Crippen MR) is 49.6 cm³/mol. The number of nitrogens with two attached hydrogens (primary N) is 1. The van der Waals surface area contributed by atoms with Crippen LogP contribution in [0.4, 0.5) is 5.69 Å². The smallest absolute Gasteiger partial charge is 0.374 e. The number of nitrogens with one attached hydrogen (secondary N) is 1. The van der Waals surface area contributed by atoms with Crippen molar-refractivity contribution in [3.05, 3.63) is 18.1 Å². The second-order valence-electron chi connectivity index (χ2n) is 2.72. The van der Waals surface area contributed by atoms with E-state index in [1.807, 2.05) is 0 Å². The number of imidazole rings is 1. The highest BCUT2D eigenvalue weighted by Crippen LogP contribution is 2.11. The number of H-pyrrole nitrogens is 1. The van der Waals surface area contributed by atoms with Crippen LogP contribution in [0.1, 0.15) is 10.6 Å². The first-order chi connectivity index (χ1) is 6.70. The van der Waals surface area contributed by atoms with Gasteiger partial charge in [0.2, 0.25) is 5.82 Å². The number of methoxy groups -OCH3 is 1. The average Bonchev–Trinajstić information content (AvgIpc) is 2.59. The summed E-state index contributed by atoms with van der Waals surface area (Å²) in [6.07, 6.45) is 1.48. The van der Waals surface area contributed by atoms with Gasteiger partial charge in [0.15, 0.2) is 5.65 Å². The molecule has 0 fully saturated rings. The van der Waals surface area contributed by atoms with Crippen molar-refractivity contribution in [3.8, 4) is 0 Å². The van der Waals surface area contributed by atoms with Crippen molar-refractivity contribution in [2.75, 3.05) is 12.8 Å². The highest BCUT2D eigenvalue weighted by Gasteiger charge is 2.11. The van der Waals surface area contributed by atoms with Crippen molar-refractivity contribution < 1.29 is 9.53 Å². The molecule has 0 aliphatic heterocycles. The van der Waals surface area contributed by atoms with E-state index >= 15 is 0 Å². The Hall–Kier alpha value is -2.11. The first-order valence-electron chi connectivity index (χ1n) is 3.90. The Morgan fingerprint density at radius 3 is 3.14 bits per heavy atom. The zero-order valence-corrected chi connectivity index (χ0v) is 7.44. The number of fused-ring (bicyclic) bond motifs is 1. The summed E-state index contributed by atoms with van der Waals surface area (Å²) < 4.78 is 4.50. The van der Waals surface area contributed by atoms with Crippen LogP contribution >= 0.6 is 0 Å². The van der Waals surface area contributed by atoms with Gasteiger partial charge in [0.1, 0.15) is 0 Å². The molecule has 2 aromatic heterocycles. The molecule has 0 saturated carbocycles. The maximum atomic E-state index is 11.1. The topological polar surface area (TPSA) is 93.9 Å². The minimum Gasteiger partial charge on any atom is -0.463 e. The number of aromatic amines is 1. The Labute approximate surface area is 79.1 Å². The second-order valence-corrected chi connectivity index (χ2v) is 2.72. The van der Waals surface area contributed by atoms with Crippen LogP contribution in [0, 0.1) is 0 Å². The number of carbonyl (C=O) groups excluding carboxylic acids is 1. The van der Waals surface area contributed by atoms with Crippen LogP contribution in [0.15, 0.2) is 12.3 Å². The number of aromatic nitrogens is 3. The molecule has 14 heavy (non-hydrogen) atoms. The lowest BCUT2D eigenvalue weighted by atomic mass is 10.4. The fourth-order valence-electron chi connectivity index (χ4n) is 1.11. The van der Waals surface area contributed by atoms with E-state index in [9.17, 15) is 4.79 Å². The third kappa shape index (κ3) is 1.26. The Balaban J connectivity index is 2.56. The molecule has 0 aliphatic rings. The summed E-state index contributed by atoms with van der Waals surface area (Å²) in [5.41, 5.74) is 7.09. The number of pyridine rings is 1. The number of ether oxygens (including phenoxy) is 1. The number of hydrogen-bond acceptors (Lipinski definition) is 5. The van der Waals surface area contributed by atoms with Crippen LogP contribution in [0.25, 0.3) is 11.2 Å². The Bertz CT molecular complexity index is 491. The fraction of sp³-hybridized carbons (Fsp3) is 0.125. The maximum Gasteiger partial charge on any atom is 0.374 e. The van der Waals surface area contributed by atoms with E-state index < -0.39 is 5.97 Å². The summed E-state index contributed by atoms with van der Waals surface area (Å²) in [5, 5.41) is 0. The van der Waals surface area contributed by atoms with E-state index in [4.69, 9.17) is 5.73 Å². The Kier molecular flexibility index (Phi) is 1.81. The van der Waals surface area contributed by atoms with E-state index in [-0.39, 0.29) is 5.82 Å². The molecule has 0 amide bonds. The average molecular weight is 192 g/mol. The lowest BCUT2D eigenvalue weighted by Gasteiger charge is -1.90. The SMILES string of the molecule is COC(=O)c1nc2ncc(N)cc2[nH]1. The molecule has 2 aromatic rings. The summed E-state index contributed by atoms with van der Waals surface area (Å²) in [5.74, 6) is -0.401. The van der Waals surface area contributed by atoms with Crippen LogP contribution in [0.2, 0.25) is 0 Å². The zero-order valence-electron chi connectivity index (χ0n) is 7.44. The minimum atomic E-state index is -0.526. The van der Waals surface area contributed by atoms with Crippen molar-refractivity contribution >= 4 is 22.8 Å². The number of anilines is 1. The number of carbonyl (C=O) groups is 1. The number of nitrogen functional groups attached to an aromatic ring is 1. The Morgan fingerprint density at radius 2 is 2.43 bits per heavy atom. The normalized spacial score (nSPS) is 10.4. The molecule has 6 nitrogen and oxygen atoms in total. The van der Waals surface area contributed by atoms with Crippen LogP contribution < -0.4 is 5.73 Å². The largest absolute Gasteiger partial charge is 0.463 e. The number of nitrogens with zero attached hydrogens (tertiary/aromatic N) is 2. The molecule has 2 heterocycles. The third-order valence-corrected chi connectivity index (χ3v) is 1.74. The zero-order chi connectivity index (χ0) is 10.1. The van der Waals surface area contributed by atoms with Gasteiger partial charge in [-0.1, -0.05) is 0 Å². The molecule has 0 saturated heterocycles. The summed E-state index contributed by atoms with van der Waals surface area (Å²) >= 11 is 0. The van der Waals surface area contributed by atoms with E-state index in [1.165, 1.54) is 13.3 Å². The summed E-state index contributed by atoms with van der Waals surface area (Å²) in [6, 6.07) is 1.65. The van der Waals surface area contributed by atoms with E-state index in [2.05, 4.69) is 19.7 Å². The molecule has 72 valence electrons. The molecule has 0 unspecified atom stereocenters. The highest BCUT2D eigenvalue weighted by atomic mass is 16.5. The molecule has 0 atom stereocenters. The van der Waals surface area contributed by atoms with E-state index in [0.29, 0.717) is 16.9 Å². The van der Waals surface area contributed by atoms with Gasteiger partial charge in [-0.25, -0.2) is 14.8 Å². The lowest BCUT2D eigenvalue weighted by molar-refractivity contribution is 0.0588. The van der Waals surface area contributed by atoms with Gasteiger partial charge >= 0.3 is 5.97 Å². The highest BCUT2D eigenvalue weighted by molar-refractivity contribution is 5.89. The van der Waals surface area contributed by atoms with Gasteiger partial charge in [0, 0.05) is 0 Å². The van der Waals surface area contributed by atoms with Gasteiger partial charge in [-0.3, -0.25) is 0 Å². The first kappa shape index (κ1) is 8.49. The predicted octanol–water partition coefficient (Wildman–Crippen LogP) is 0.327. The van der Waals surface area contributed by atoms with Crippen LogP contribution in [0.5, 0.6) is 0 Å². The van der Waals surface area contributed by atoms with Gasteiger partial charge in [-0.15, -0.1) is 0 Å². The summed E-state index contributed by atoms with van der Waals surface area (Å²) in [4.78, 5) is 21.7. The van der Waals surface area contributed by atoms with E-state index in [0.717, 1.165) is 0 Å². The number of esters is 1. The molecular weight excluding hydrogens is 184 g/mol. The van der Waals surface area contributed by atoms with Crippen LogP contribution in [-0.2, 0) is 4.74 Å². The number of hydrogen-bond donors (Lipinski definition) is 2. The van der Waals surface area contributed by atoms with E-state index in [1.54, 1.807) is 6.07 Å². The third-order valence-electron chi connectivity index (χ3n) is 1.74. The van der Waals surface area contributed by atoms with Crippen LogP contribution in [0.3, 0.4) is 0 Å². The molecule has 0 aromatic carbocycles.